The first-order chi connectivity index (χ1) is 8.65. The second kappa shape index (κ2) is 5.94. The van der Waals surface area contributed by atoms with Crippen molar-refractivity contribution >= 4 is 11.6 Å². The Morgan fingerprint density at radius 3 is 2.78 bits per heavy atom. The third-order valence-corrected chi connectivity index (χ3v) is 2.87. The van der Waals surface area contributed by atoms with Crippen LogP contribution < -0.4 is 0 Å². The van der Waals surface area contributed by atoms with E-state index in [0.717, 1.165) is 5.69 Å². The van der Waals surface area contributed by atoms with E-state index in [9.17, 15) is 9.50 Å². The molecule has 0 aliphatic rings. The molecule has 0 aliphatic carbocycles. The maximum Gasteiger partial charge on any atom is 0.126 e. The van der Waals surface area contributed by atoms with Crippen molar-refractivity contribution < 1.29 is 9.50 Å². The number of rotatable bonds is 4. The lowest BCUT2D eigenvalue weighted by atomic mass is 10.0. The van der Waals surface area contributed by atoms with Crippen LogP contribution in [-0.4, -0.2) is 16.2 Å². The van der Waals surface area contributed by atoms with Gasteiger partial charge in [0.25, 0.3) is 0 Å². The molecule has 1 heterocycles. The lowest BCUT2D eigenvalue weighted by molar-refractivity contribution is 0.173. The maximum absolute atomic E-state index is 13.5. The lowest BCUT2D eigenvalue weighted by Crippen LogP contribution is -2.15. The zero-order valence-corrected chi connectivity index (χ0v) is 10.4. The van der Waals surface area contributed by atoms with E-state index >= 15 is 0 Å². The van der Waals surface area contributed by atoms with E-state index in [1.807, 2.05) is 18.2 Å². The van der Waals surface area contributed by atoms with Crippen molar-refractivity contribution in [3.63, 3.8) is 0 Å². The van der Waals surface area contributed by atoms with Crippen molar-refractivity contribution in [2.75, 3.05) is 0 Å². The fraction of sp³-hybridized carbons (Fsp3) is 0.214. The fourth-order valence-corrected chi connectivity index (χ4v) is 1.98. The normalized spacial score (nSPS) is 12.4. The summed E-state index contributed by atoms with van der Waals surface area (Å²) in [5, 5.41) is 10.4. The van der Waals surface area contributed by atoms with Crippen molar-refractivity contribution in [3.8, 4) is 0 Å². The van der Waals surface area contributed by atoms with Crippen LogP contribution in [0.4, 0.5) is 4.39 Å². The van der Waals surface area contributed by atoms with Gasteiger partial charge >= 0.3 is 0 Å². The van der Waals surface area contributed by atoms with E-state index in [2.05, 4.69) is 4.98 Å². The summed E-state index contributed by atoms with van der Waals surface area (Å²) in [7, 11) is 0. The first kappa shape index (κ1) is 13.0. The van der Waals surface area contributed by atoms with Crippen LogP contribution in [-0.2, 0) is 12.8 Å². The Labute approximate surface area is 110 Å². The fourth-order valence-electron chi connectivity index (χ4n) is 1.79. The van der Waals surface area contributed by atoms with Gasteiger partial charge in [0.1, 0.15) is 5.82 Å². The predicted molar refractivity (Wildman–Crippen MR) is 69.1 cm³/mol. The summed E-state index contributed by atoms with van der Waals surface area (Å²) in [6.45, 7) is 0. The monoisotopic (exact) mass is 265 g/mol. The van der Waals surface area contributed by atoms with Gasteiger partial charge in [0.05, 0.1) is 6.10 Å². The van der Waals surface area contributed by atoms with Crippen LogP contribution in [0, 0.1) is 5.82 Å². The summed E-state index contributed by atoms with van der Waals surface area (Å²) in [5.74, 6) is -0.348. The van der Waals surface area contributed by atoms with E-state index < -0.39 is 6.10 Å². The number of hydrogen-bond donors (Lipinski definition) is 1. The Morgan fingerprint density at radius 1 is 1.22 bits per heavy atom. The minimum absolute atomic E-state index is 0.225. The van der Waals surface area contributed by atoms with Crippen LogP contribution in [0.25, 0.3) is 0 Å². The first-order valence-electron chi connectivity index (χ1n) is 5.67. The zero-order chi connectivity index (χ0) is 13.0. The Kier molecular flexibility index (Phi) is 4.28. The smallest absolute Gasteiger partial charge is 0.126 e. The van der Waals surface area contributed by atoms with Gasteiger partial charge in [-0.1, -0.05) is 17.7 Å². The molecule has 0 saturated heterocycles. The van der Waals surface area contributed by atoms with Crippen LogP contribution in [0.3, 0.4) is 0 Å². The number of benzene rings is 1. The van der Waals surface area contributed by atoms with Crippen LogP contribution in [0.15, 0.2) is 42.6 Å². The van der Waals surface area contributed by atoms with E-state index in [-0.39, 0.29) is 12.2 Å². The Balaban J connectivity index is 2.03. The Morgan fingerprint density at radius 2 is 2.06 bits per heavy atom. The molecule has 2 aromatic rings. The molecule has 2 nitrogen and oxygen atoms in total. The second-order valence-electron chi connectivity index (χ2n) is 4.12. The van der Waals surface area contributed by atoms with Crippen molar-refractivity contribution in [2.45, 2.75) is 18.9 Å². The van der Waals surface area contributed by atoms with Gasteiger partial charge in [-0.05, 0) is 35.9 Å². The predicted octanol–water partition coefficient (Wildman–Crippen LogP) is 3.02. The molecule has 2 rings (SSSR count). The SMILES string of the molecule is OC(Cc1ccccn1)Cc1cc(Cl)ccc1F. The third kappa shape index (κ3) is 3.52. The quantitative estimate of drug-likeness (QED) is 0.922. The van der Waals surface area contributed by atoms with Gasteiger partial charge < -0.3 is 5.11 Å². The summed E-state index contributed by atoms with van der Waals surface area (Å²) < 4.78 is 13.5. The van der Waals surface area contributed by atoms with E-state index in [1.165, 1.54) is 12.1 Å². The minimum Gasteiger partial charge on any atom is -0.392 e. The summed E-state index contributed by atoms with van der Waals surface area (Å²) in [6.07, 6.45) is 1.62. The molecule has 0 fully saturated rings. The van der Waals surface area contributed by atoms with Gasteiger partial charge in [0.2, 0.25) is 0 Å². The number of aromatic nitrogens is 1. The first-order valence-corrected chi connectivity index (χ1v) is 6.05. The van der Waals surface area contributed by atoms with Gasteiger partial charge in [-0.3, -0.25) is 4.98 Å². The number of pyridine rings is 1. The molecule has 18 heavy (non-hydrogen) atoms. The van der Waals surface area contributed by atoms with Crippen molar-refractivity contribution in [1.82, 2.24) is 4.98 Å². The largest absolute Gasteiger partial charge is 0.392 e. The van der Waals surface area contributed by atoms with Crippen molar-refractivity contribution in [3.05, 3.63) is 64.7 Å². The van der Waals surface area contributed by atoms with E-state index in [4.69, 9.17) is 11.6 Å². The van der Waals surface area contributed by atoms with Gasteiger partial charge in [-0.15, -0.1) is 0 Å². The average molecular weight is 266 g/mol. The Hall–Kier alpha value is -1.45. The molecule has 0 amide bonds. The molecule has 0 radical (unpaired) electrons. The summed E-state index contributed by atoms with van der Waals surface area (Å²) >= 11 is 5.80. The van der Waals surface area contributed by atoms with Crippen molar-refractivity contribution in [1.29, 1.82) is 0 Å². The molecule has 94 valence electrons. The molecule has 1 unspecified atom stereocenters. The number of hydrogen-bond acceptors (Lipinski definition) is 2. The maximum atomic E-state index is 13.5. The zero-order valence-electron chi connectivity index (χ0n) is 9.68. The van der Waals surface area contributed by atoms with Crippen LogP contribution >= 0.6 is 11.6 Å². The van der Waals surface area contributed by atoms with Gasteiger partial charge in [-0.25, -0.2) is 4.39 Å². The highest BCUT2D eigenvalue weighted by atomic mass is 35.5. The molecule has 0 aliphatic heterocycles. The summed E-state index contributed by atoms with van der Waals surface area (Å²) in [5.41, 5.74) is 1.21. The molecule has 1 atom stereocenters. The molecule has 0 bridgehead atoms. The Bertz CT molecular complexity index is 518. The highest BCUT2D eigenvalue weighted by molar-refractivity contribution is 6.30. The standard InChI is InChI=1S/C14H13ClFNO/c15-11-4-5-14(16)10(7-11)8-13(18)9-12-3-1-2-6-17-12/h1-7,13,18H,8-9H2. The highest BCUT2D eigenvalue weighted by Gasteiger charge is 2.11. The van der Waals surface area contributed by atoms with Crippen LogP contribution in [0.1, 0.15) is 11.3 Å². The number of nitrogens with zero attached hydrogens (tertiary/aromatic N) is 1. The third-order valence-electron chi connectivity index (χ3n) is 2.63. The van der Waals surface area contributed by atoms with Gasteiger partial charge in [0.15, 0.2) is 0 Å². The molecule has 1 N–H and O–H groups in total. The van der Waals surface area contributed by atoms with Gasteiger partial charge in [-0.2, -0.15) is 0 Å². The number of aliphatic hydroxyl groups excluding tert-OH is 1. The number of aliphatic hydroxyl groups is 1. The van der Waals surface area contributed by atoms with Crippen LogP contribution in [0.2, 0.25) is 5.02 Å². The molecule has 0 saturated carbocycles. The van der Waals surface area contributed by atoms with Crippen molar-refractivity contribution in [2.24, 2.45) is 0 Å². The average Bonchev–Trinajstić information content (AvgIpc) is 2.35. The molecule has 0 spiro atoms. The summed E-state index contributed by atoms with van der Waals surface area (Å²) in [6, 6.07) is 9.84. The van der Waals surface area contributed by atoms with Gasteiger partial charge in [0, 0.05) is 29.8 Å². The minimum atomic E-state index is -0.673. The topological polar surface area (TPSA) is 33.1 Å². The second-order valence-corrected chi connectivity index (χ2v) is 4.56. The van der Waals surface area contributed by atoms with E-state index in [1.54, 1.807) is 12.3 Å². The van der Waals surface area contributed by atoms with Crippen LogP contribution in [0.5, 0.6) is 0 Å². The molecular weight excluding hydrogens is 253 g/mol. The molecule has 1 aromatic carbocycles. The molecule has 4 heteroatoms. The highest BCUT2D eigenvalue weighted by Crippen LogP contribution is 2.17. The molecular formula is C14H13ClFNO. The number of halogens is 2. The lowest BCUT2D eigenvalue weighted by Gasteiger charge is -2.11. The summed E-state index contributed by atoms with van der Waals surface area (Å²) in [4.78, 5) is 4.12. The van der Waals surface area contributed by atoms with E-state index in [0.29, 0.717) is 17.0 Å². The molecule has 1 aromatic heterocycles.